The van der Waals surface area contributed by atoms with Gasteiger partial charge in [-0.3, -0.25) is 4.79 Å². The van der Waals surface area contributed by atoms with E-state index in [1.807, 2.05) is 47.8 Å². The van der Waals surface area contributed by atoms with Crippen molar-refractivity contribution >= 4 is 27.5 Å². The van der Waals surface area contributed by atoms with Crippen LogP contribution in [0.5, 0.6) is 0 Å². The average molecular weight is 334 g/mol. The number of nitrogens with two attached hydrogens (primary N) is 1. The third kappa shape index (κ3) is 4.47. The van der Waals surface area contributed by atoms with Crippen LogP contribution in [0.2, 0.25) is 0 Å². The van der Waals surface area contributed by atoms with Crippen LogP contribution in [0.25, 0.3) is 0 Å². The van der Waals surface area contributed by atoms with E-state index in [-0.39, 0.29) is 11.9 Å². The van der Waals surface area contributed by atoms with Crippen molar-refractivity contribution in [2.45, 2.75) is 13.0 Å². The molecule has 3 nitrogen and oxygen atoms in total. The minimum atomic E-state index is 0.00545. The van der Waals surface area contributed by atoms with Crippen molar-refractivity contribution < 1.29 is 10.1 Å². The molecular weight excluding hydrogens is 316 g/mol. The van der Waals surface area contributed by atoms with E-state index in [0.29, 0.717) is 6.54 Å². The lowest BCUT2D eigenvalue weighted by molar-refractivity contribution is -0.682. The fraction of sp³-hybridized carbons (Fsp3) is 0.188. The van der Waals surface area contributed by atoms with E-state index in [1.54, 1.807) is 0 Å². The summed E-state index contributed by atoms with van der Waals surface area (Å²) in [4.78, 5) is 11.9. The number of halogens is 1. The molecule has 1 atom stereocenters. The van der Waals surface area contributed by atoms with Crippen LogP contribution in [0.4, 0.5) is 5.69 Å². The summed E-state index contributed by atoms with van der Waals surface area (Å²) in [5.41, 5.74) is 2.04. The number of carbonyl (C=O) groups excluding carboxylic acids is 1. The second-order valence-electron chi connectivity index (χ2n) is 4.70. The molecule has 0 heterocycles. The minimum Gasteiger partial charge on any atom is -0.333 e. The molecule has 0 radical (unpaired) electrons. The SMILES string of the molecule is C[C@H]([NH2+]CC(=O)Nc1cccc(Br)c1)c1ccccc1. The van der Waals surface area contributed by atoms with Crippen LogP contribution in [-0.2, 0) is 4.79 Å². The third-order valence-corrected chi connectivity index (χ3v) is 3.58. The predicted molar refractivity (Wildman–Crippen MR) is 84.4 cm³/mol. The van der Waals surface area contributed by atoms with Crippen LogP contribution in [0.1, 0.15) is 18.5 Å². The topological polar surface area (TPSA) is 45.7 Å². The summed E-state index contributed by atoms with van der Waals surface area (Å²) in [5.74, 6) is 0.00545. The summed E-state index contributed by atoms with van der Waals surface area (Å²) >= 11 is 3.39. The van der Waals surface area contributed by atoms with Gasteiger partial charge in [-0.1, -0.05) is 52.3 Å². The van der Waals surface area contributed by atoms with Crippen molar-refractivity contribution in [2.75, 3.05) is 11.9 Å². The summed E-state index contributed by atoms with van der Waals surface area (Å²) in [6.07, 6.45) is 0. The number of benzene rings is 2. The molecule has 0 aliphatic rings. The third-order valence-electron chi connectivity index (χ3n) is 3.09. The first-order valence-electron chi connectivity index (χ1n) is 6.59. The van der Waals surface area contributed by atoms with Crippen LogP contribution in [0.3, 0.4) is 0 Å². The molecule has 0 spiro atoms. The highest BCUT2D eigenvalue weighted by molar-refractivity contribution is 9.10. The van der Waals surface area contributed by atoms with Crippen molar-refractivity contribution in [3.05, 3.63) is 64.6 Å². The molecule has 4 heteroatoms. The van der Waals surface area contributed by atoms with Gasteiger partial charge in [-0.15, -0.1) is 0 Å². The first-order chi connectivity index (χ1) is 9.65. The Hall–Kier alpha value is -1.65. The molecule has 0 fully saturated rings. The van der Waals surface area contributed by atoms with E-state index >= 15 is 0 Å². The zero-order valence-corrected chi connectivity index (χ0v) is 12.9. The number of quaternary nitrogens is 1. The van der Waals surface area contributed by atoms with Gasteiger partial charge < -0.3 is 10.6 Å². The summed E-state index contributed by atoms with van der Waals surface area (Å²) in [6, 6.07) is 18.0. The van der Waals surface area contributed by atoms with Gasteiger partial charge in [0.15, 0.2) is 6.54 Å². The summed E-state index contributed by atoms with van der Waals surface area (Å²) in [5, 5.41) is 4.92. The fourth-order valence-electron chi connectivity index (χ4n) is 1.95. The lowest BCUT2D eigenvalue weighted by atomic mass is 10.1. The standard InChI is InChI=1S/C16H17BrN2O/c1-12(13-6-3-2-4-7-13)18-11-16(20)19-15-9-5-8-14(17)10-15/h2-10,12,18H,11H2,1H3,(H,19,20)/p+1/t12-/m0/s1. The second-order valence-corrected chi connectivity index (χ2v) is 5.61. The maximum Gasteiger partial charge on any atom is 0.279 e. The number of nitrogens with one attached hydrogen (secondary N) is 1. The van der Waals surface area contributed by atoms with E-state index in [0.717, 1.165) is 10.2 Å². The maximum absolute atomic E-state index is 11.9. The van der Waals surface area contributed by atoms with Gasteiger partial charge >= 0.3 is 0 Å². The predicted octanol–water partition coefficient (Wildman–Crippen LogP) is 2.71. The normalized spacial score (nSPS) is 11.9. The molecule has 20 heavy (non-hydrogen) atoms. The summed E-state index contributed by atoms with van der Waals surface area (Å²) in [7, 11) is 0. The van der Waals surface area contributed by atoms with Crippen molar-refractivity contribution in [3.8, 4) is 0 Å². The lowest BCUT2D eigenvalue weighted by Crippen LogP contribution is -2.86. The Morgan fingerprint density at radius 2 is 1.95 bits per heavy atom. The van der Waals surface area contributed by atoms with Crippen LogP contribution >= 0.6 is 15.9 Å². The number of hydrogen-bond acceptors (Lipinski definition) is 1. The maximum atomic E-state index is 11.9. The molecule has 2 aromatic carbocycles. The van der Waals surface area contributed by atoms with Crippen molar-refractivity contribution in [1.82, 2.24) is 0 Å². The zero-order chi connectivity index (χ0) is 14.4. The van der Waals surface area contributed by atoms with Gasteiger partial charge in [0.05, 0.1) is 0 Å². The molecule has 0 aromatic heterocycles. The number of anilines is 1. The van der Waals surface area contributed by atoms with Gasteiger partial charge in [0.1, 0.15) is 6.04 Å². The minimum absolute atomic E-state index is 0.00545. The number of carbonyl (C=O) groups is 1. The van der Waals surface area contributed by atoms with E-state index in [1.165, 1.54) is 5.56 Å². The molecular formula is C16H18BrN2O+. The number of hydrogen-bond donors (Lipinski definition) is 2. The second kappa shape index (κ2) is 7.22. The molecule has 0 unspecified atom stereocenters. The molecule has 0 saturated heterocycles. The molecule has 0 saturated carbocycles. The molecule has 2 aromatic rings. The highest BCUT2D eigenvalue weighted by atomic mass is 79.9. The van der Waals surface area contributed by atoms with Gasteiger partial charge in [0.25, 0.3) is 5.91 Å². The number of amides is 1. The van der Waals surface area contributed by atoms with E-state index in [4.69, 9.17) is 0 Å². The van der Waals surface area contributed by atoms with Crippen molar-refractivity contribution in [3.63, 3.8) is 0 Å². The molecule has 104 valence electrons. The quantitative estimate of drug-likeness (QED) is 0.868. The Kier molecular flexibility index (Phi) is 5.32. The monoisotopic (exact) mass is 333 g/mol. The Morgan fingerprint density at radius 3 is 2.65 bits per heavy atom. The van der Waals surface area contributed by atoms with Gasteiger partial charge in [0, 0.05) is 15.7 Å². The van der Waals surface area contributed by atoms with Crippen LogP contribution in [-0.4, -0.2) is 12.5 Å². The van der Waals surface area contributed by atoms with E-state index in [9.17, 15) is 4.79 Å². The molecule has 0 bridgehead atoms. The van der Waals surface area contributed by atoms with Gasteiger partial charge in [0.2, 0.25) is 0 Å². The highest BCUT2D eigenvalue weighted by Crippen LogP contribution is 2.15. The summed E-state index contributed by atoms with van der Waals surface area (Å²) < 4.78 is 0.955. The van der Waals surface area contributed by atoms with Crippen LogP contribution in [0.15, 0.2) is 59.1 Å². The fourth-order valence-corrected chi connectivity index (χ4v) is 2.35. The molecule has 1 amide bonds. The summed E-state index contributed by atoms with van der Waals surface area (Å²) in [6.45, 7) is 2.50. The van der Waals surface area contributed by atoms with Crippen LogP contribution < -0.4 is 10.6 Å². The number of rotatable bonds is 5. The average Bonchev–Trinajstić information content (AvgIpc) is 2.46. The van der Waals surface area contributed by atoms with E-state index < -0.39 is 0 Å². The zero-order valence-electron chi connectivity index (χ0n) is 11.3. The van der Waals surface area contributed by atoms with Gasteiger partial charge in [-0.05, 0) is 25.1 Å². The van der Waals surface area contributed by atoms with Gasteiger partial charge in [-0.2, -0.15) is 0 Å². The highest BCUT2D eigenvalue weighted by Gasteiger charge is 2.11. The Bertz CT molecular complexity index is 572. The lowest BCUT2D eigenvalue weighted by Gasteiger charge is -2.11. The Balaban J connectivity index is 1.83. The smallest absolute Gasteiger partial charge is 0.279 e. The largest absolute Gasteiger partial charge is 0.333 e. The molecule has 2 rings (SSSR count). The first kappa shape index (κ1) is 14.8. The van der Waals surface area contributed by atoms with Crippen LogP contribution in [0, 0.1) is 0 Å². The molecule has 0 aliphatic carbocycles. The van der Waals surface area contributed by atoms with Crippen molar-refractivity contribution in [1.29, 1.82) is 0 Å². The first-order valence-corrected chi connectivity index (χ1v) is 7.38. The molecule has 0 aliphatic heterocycles. The Labute approximate surface area is 127 Å². The Morgan fingerprint density at radius 1 is 1.20 bits per heavy atom. The van der Waals surface area contributed by atoms with E-state index in [2.05, 4.69) is 40.3 Å². The van der Waals surface area contributed by atoms with Crippen molar-refractivity contribution in [2.24, 2.45) is 0 Å². The van der Waals surface area contributed by atoms with Gasteiger partial charge in [-0.25, -0.2) is 0 Å². The molecule has 3 N–H and O–H groups in total.